The molecule has 0 amide bonds. The molecule has 0 saturated carbocycles. The summed E-state index contributed by atoms with van der Waals surface area (Å²) in [6.07, 6.45) is 2.13. The van der Waals surface area contributed by atoms with Crippen molar-refractivity contribution in [1.29, 1.82) is 0 Å². The number of hydrogen-bond donors (Lipinski definition) is 1. The third-order valence-corrected chi connectivity index (χ3v) is 4.52. The number of likely N-dealkylation sites (N-methyl/N-ethyl adjacent to an activating group) is 1. The first-order valence-corrected chi connectivity index (χ1v) is 8.04. The van der Waals surface area contributed by atoms with Crippen molar-refractivity contribution in [1.82, 2.24) is 4.90 Å². The minimum absolute atomic E-state index is 0.667. The summed E-state index contributed by atoms with van der Waals surface area (Å²) in [4.78, 5) is 5.04. The summed E-state index contributed by atoms with van der Waals surface area (Å²) in [6, 6.07) is 6.88. The summed E-state index contributed by atoms with van der Waals surface area (Å²) in [5.41, 5.74) is 8.32. The highest BCUT2D eigenvalue weighted by Gasteiger charge is 2.27. The highest BCUT2D eigenvalue weighted by atomic mass is 35.5. The molecule has 2 rings (SSSR count). The Morgan fingerprint density at radius 3 is 2.75 bits per heavy atom. The zero-order valence-corrected chi connectivity index (χ0v) is 13.4. The fraction of sp³-hybridized carbons (Fsp3) is 0.625. The molecule has 0 aliphatic carbocycles. The van der Waals surface area contributed by atoms with Crippen molar-refractivity contribution in [2.24, 2.45) is 5.73 Å². The van der Waals surface area contributed by atoms with E-state index in [0.29, 0.717) is 12.6 Å². The van der Waals surface area contributed by atoms with E-state index in [1.807, 2.05) is 6.07 Å². The van der Waals surface area contributed by atoms with Gasteiger partial charge in [0.1, 0.15) is 0 Å². The molecular weight excluding hydrogens is 270 g/mol. The van der Waals surface area contributed by atoms with E-state index in [2.05, 4.69) is 35.8 Å². The predicted molar refractivity (Wildman–Crippen MR) is 87.7 cm³/mol. The van der Waals surface area contributed by atoms with Gasteiger partial charge in [-0.3, -0.25) is 4.90 Å². The Morgan fingerprint density at radius 2 is 2.10 bits per heavy atom. The number of hydrogen-bond acceptors (Lipinski definition) is 3. The minimum atomic E-state index is 0.667. The molecule has 0 spiro atoms. The number of nitrogens with two attached hydrogens (primary N) is 1. The summed E-state index contributed by atoms with van der Waals surface area (Å²) >= 11 is 6.12. The lowest BCUT2D eigenvalue weighted by atomic mass is 10.1. The molecule has 1 aromatic rings. The van der Waals surface area contributed by atoms with Gasteiger partial charge in [0.2, 0.25) is 0 Å². The second-order valence-electron chi connectivity index (χ2n) is 5.42. The molecule has 20 heavy (non-hydrogen) atoms. The van der Waals surface area contributed by atoms with Crippen LogP contribution in [0.3, 0.4) is 0 Å². The van der Waals surface area contributed by atoms with E-state index < -0.39 is 0 Å². The highest BCUT2D eigenvalue weighted by molar-refractivity contribution is 6.30. The quantitative estimate of drug-likeness (QED) is 0.876. The first-order chi connectivity index (χ1) is 9.69. The van der Waals surface area contributed by atoms with Gasteiger partial charge in [-0.2, -0.15) is 0 Å². The summed E-state index contributed by atoms with van der Waals surface area (Å²) in [6.45, 7) is 9.65. The van der Waals surface area contributed by atoms with Gasteiger partial charge in [0, 0.05) is 29.8 Å². The van der Waals surface area contributed by atoms with E-state index in [-0.39, 0.29) is 0 Å². The van der Waals surface area contributed by atoms with Crippen molar-refractivity contribution in [3.63, 3.8) is 0 Å². The van der Waals surface area contributed by atoms with Gasteiger partial charge < -0.3 is 10.6 Å². The van der Waals surface area contributed by atoms with Crippen LogP contribution in [-0.2, 0) is 6.42 Å². The fourth-order valence-corrected chi connectivity index (χ4v) is 3.41. The van der Waals surface area contributed by atoms with E-state index in [0.717, 1.165) is 37.6 Å². The summed E-state index contributed by atoms with van der Waals surface area (Å²) < 4.78 is 0. The molecule has 1 aliphatic heterocycles. The second-order valence-corrected chi connectivity index (χ2v) is 5.86. The lowest BCUT2D eigenvalue weighted by Crippen LogP contribution is -2.37. The van der Waals surface area contributed by atoms with Gasteiger partial charge in [0.05, 0.1) is 0 Å². The maximum Gasteiger partial charge on any atom is 0.0410 e. The molecule has 1 aliphatic rings. The van der Waals surface area contributed by atoms with E-state index in [1.54, 1.807) is 0 Å². The molecule has 1 heterocycles. The third kappa shape index (κ3) is 3.46. The van der Waals surface area contributed by atoms with Gasteiger partial charge in [0.25, 0.3) is 0 Å². The standard InChI is InChI=1S/C16H26ClN3/c1-3-19(4-2)15-8-10-20(12-15)16-6-5-14(17)11-13(16)7-9-18/h5-6,11,15H,3-4,7-10,12,18H2,1-2H3. The molecule has 1 fully saturated rings. The third-order valence-electron chi connectivity index (χ3n) is 4.29. The van der Waals surface area contributed by atoms with Crippen molar-refractivity contribution in [2.45, 2.75) is 32.7 Å². The summed E-state index contributed by atoms with van der Waals surface area (Å²) in [7, 11) is 0. The monoisotopic (exact) mass is 295 g/mol. The zero-order valence-electron chi connectivity index (χ0n) is 12.6. The first kappa shape index (κ1) is 15.6. The molecule has 0 bridgehead atoms. The van der Waals surface area contributed by atoms with E-state index in [4.69, 9.17) is 17.3 Å². The van der Waals surface area contributed by atoms with Crippen LogP contribution in [0.5, 0.6) is 0 Å². The maximum atomic E-state index is 6.12. The molecule has 0 aromatic heterocycles. The second kappa shape index (κ2) is 7.30. The Hall–Kier alpha value is -0.770. The SMILES string of the molecule is CCN(CC)C1CCN(c2ccc(Cl)cc2CCN)C1. The normalized spacial score (nSPS) is 19.1. The average Bonchev–Trinajstić information content (AvgIpc) is 2.90. The highest BCUT2D eigenvalue weighted by Crippen LogP contribution is 2.29. The molecule has 1 atom stereocenters. The number of rotatable bonds is 6. The smallest absolute Gasteiger partial charge is 0.0410 e. The summed E-state index contributed by atoms with van der Waals surface area (Å²) in [5.74, 6) is 0. The first-order valence-electron chi connectivity index (χ1n) is 7.67. The van der Waals surface area contributed by atoms with Crippen LogP contribution < -0.4 is 10.6 Å². The van der Waals surface area contributed by atoms with Gasteiger partial charge in [-0.25, -0.2) is 0 Å². The van der Waals surface area contributed by atoms with E-state index >= 15 is 0 Å². The molecule has 112 valence electrons. The Kier molecular flexibility index (Phi) is 5.70. The Labute approximate surface area is 127 Å². The fourth-order valence-electron chi connectivity index (χ4n) is 3.22. The Bertz CT molecular complexity index is 432. The van der Waals surface area contributed by atoms with Gasteiger partial charge in [-0.05, 0) is 56.2 Å². The minimum Gasteiger partial charge on any atom is -0.370 e. The Balaban J connectivity index is 2.13. The molecule has 2 N–H and O–H groups in total. The van der Waals surface area contributed by atoms with Gasteiger partial charge in [-0.15, -0.1) is 0 Å². The van der Waals surface area contributed by atoms with E-state index in [1.165, 1.54) is 17.7 Å². The number of halogens is 1. The lowest BCUT2D eigenvalue weighted by molar-refractivity contribution is 0.232. The van der Waals surface area contributed by atoms with Crippen LogP contribution in [0.4, 0.5) is 5.69 Å². The van der Waals surface area contributed by atoms with Crippen molar-refractivity contribution < 1.29 is 0 Å². The van der Waals surface area contributed by atoms with Crippen LogP contribution in [0, 0.1) is 0 Å². The maximum absolute atomic E-state index is 6.12. The van der Waals surface area contributed by atoms with Crippen molar-refractivity contribution in [3.05, 3.63) is 28.8 Å². The topological polar surface area (TPSA) is 32.5 Å². The molecule has 1 unspecified atom stereocenters. The average molecular weight is 296 g/mol. The van der Waals surface area contributed by atoms with Crippen molar-refractivity contribution >= 4 is 17.3 Å². The number of nitrogens with zero attached hydrogens (tertiary/aromatic N) is 2. The predicted octanol–water partition coefficient (Wildman–Crippen LogP) is 2.76. The molecule has 1 aromatic carbocycles. The molecular formula is C16H26ClN3. The summed E-state index contributed by atoms with van der Waals surface area (Å²) in [5, 5.41) is 0.802. The van der Waals surface area contributed by atoms with Gasteiger partial charge in [-0.1, -0.05) is 25.4 Å². The van der Waals surface area contributed by atoms with Crippen LogP contribution >= 0.6 is 11.6 Å². The largest absolute Gasteiger partial charge is 0.370 e. The lowest BCUT2D eigenvalue weighted by Gasteiger charge is -2.27. The van der Waals surface area contributed by atoms with Crippen LogP contribution in [0.15, 0.2) is 18.2 Å². The molecule has 4 heteroatoms. The Morgan fingerprint density at radius 1 is 1.35 bits per heavy atom. The van der Waals surface area contributed by atoms with Gasteiger partial charge in [0.15, 0.2) is 0 Å². The van der Waals surface area contributed by atoms with Crippen LogP contribution in [0.2, 0.25) is 5.02 Å². The molecule has 3 nitrogen and oxygen atoms in total. The van der Waals surface area contributed by atoms with Crippen LogP contribution in [0.1, 0.15) is 25.8 Å². The number of benzene rings is 1. The van der Waals surface area contributed by atoms with Crippen molar-refractivity contribution in [2.75, 3.05) is 37.6 Å². The van der Waals surface area contributed by atoms with Crippen molar-refractivity contribution in [3.8, 4) is 0 Å². The van der Waals surface area contributed by atoms with Crippen LogP contribution in [-0.4, -0.2) is 43.7 Å². The van der Waals surface area contributed by atoms with Gasteiger partial charge >= 0.3 is 0 Å². The van der Waals surface area contributed by atoms with Crippen LogP contribution in [0.25, 0.3) is 0 Å². The molecule has 0 radical (unpaired) electrons. The molecule has 1 saturated heterocycles. The van der Waals surface area contributed by atoms with E-state index in [9.17, 15) is 0 Å². The zero-order chi connectivity index (χ0) is 14.5. The number of anilines is 1.